The fourth-order valence-electron chi connectivity index (χ4n) is 0.288. The van der Waals surface area contributed by atoms with E-state index < -0.39 is 0 Å². The van der Waals surface area contributed by atoms with E-state index in [9.17, 15) is 0 Å². The van der Waals surface area contributed by atoms with Crippen molar-refractivity contribution < 1.29 is 0 Å². The van der Waals surface area contributed by atoms with Crippen LogP contribution in [0, 0.1) is 0 Å². The molecule has 2 heteroatoms. The molecule has 0 saturated carbocycles. The lowest BCUT2D eigenvalue weighted by atomic mass is 10.2. The van der Waals surface area contributed by atoms with Crippen LogP contribution < -0.4 is 11.5 Å². The van der Waals surface area contributed by atoms with Crippen molar-refractivity contribution in [1.29, 1.82) is 0 Å². The molecular formula is C6H12N2. The van der Waals surface area contributed by atoms with Crippen LogP contribution in [0.5, 0.6) is 0 Å². The second kappa shape index (κ2) is 3.27. The molecule has 0 heterocycles. The minimum absolute atomic E-state index is 0.0620. The van der Waals surface area contributed by atoms with Crippen LogP contribution in [0.25, 0.3) is 0 Å². The average Bonchev–Trinajstić information content (AvgIpc) is 1.67. The van der Waals surface area contributed by atoms with Crippen LogP contribution in [0.15, 0.2) is 24.4 Å². The number of nitrogens with two attached hydrogens (primary N) is 2. The van der Waals surface area contributed by atoms with Crippen LogP contribution in [0.3, 0.4) is 0 Å². The zero-order chi connectivity index (χ0) is 6.57. The van der Waals surface area contributed by atoms with Gasteiger partial charge in [0.2, 0.25) is 0 Å². The van der Waals surface area contributed by atoms with Gasteiger partial charge in [-0.05, 0) is 13.0 Å². The molecule has 0 aliphatic carbocycles. The van der Waals surface area contributed by atoms with Gasteiger partial charge in [-0.3, -0.25) is 0 Å². The van der Waals surface area contributed by atoms with Crippen molar-refractivity contribution in [3.8, 4) is 0 Å². The van der Waals surface area contributed by atoms with Crippen LogP contribution in [0.1, 0.15) is 6.92 Å². The molecule has 0 amide bonds. The highest BCUT2D eigenvalue weighted by atomic mass is 14.7. The van der Waals surface area contributed by atoms with E-state index in [2.05, 4.69) is 6.58 Å². The topological polar surface area (TPSA) is 52.0 Å². The highest BCUT2D eigenvalue weighted by Gasteiger charge is 1.92. The largest absolute Gasteiger partial charge is 0.401 e. The lowest BCUT2D eigenvalue weighted by Crippen LogP contribution is -2.23. The molecule has 1 unspecified atom stereocenters. The first-order valence-corrected chi connectivity index (χ1v) is 2.52. The van der Waals surface area contributed by atoms with Crippen LogP contribution in [-0.4, -0.2) is 6.04 Å². The quantitative estimate of drug-likeness (QED) is 0.507. The summed E-state index contributed by atoms with van der Waals surface area (Å²) in [5, 5.41) is 0. The molecule has 0 aromatic carbocycles. The third-order valence-corrected chi connectivity index (χ3v) is 0.836. The summed E-state index contributed by atoms with van der Waals surface area (Å²) < 4.78 is 0. The first-order chi connectivity index (χ1) is 3.68. The summed E-state index contributed by atoms with van der Waals surface area (Å²) in [7, 11) is 0. The number of allylic oxidation sites excluding steroid dienone is 2. The summed E-state index contributed by atoms with van der Waals surface area (Å²) >= 11 is 0. The van der Waals surface area contributed by atoms with Gasteiger partial charge >= 0.3 is 0 Å². The fraction of sp³-hybridized carbons (Fsp3) is 0.333. The van der Waals surface area contributed by atoms with E-state index >= 15 is 0 Å². The summed E-state index contributed by atoms with van der Waals surface area (Å²) in [5.74, 6) is 0. The molecule has 0 radical (unpaired) electrons. The molecule has 0 bridgehead atoms. The van der Waals surface area contributed by atoms with Crippen molar-refractivity contribution in [3.63, 3.8) is 0 Å². The SMILES string of the molecule is C=C/C=C(\N)C(C)N. The second-order valence-electron chi connectivity index (χ2n) is 1.69. The first kappa shape index (κ1) is 7.24. The Morgan fingerprint density at radius 3 is 2.38 bits per heavy atom. The average molecular weight is 112 g/mol. The van der Waals surface area contributed by atoms with Gasteiger partial charge in [0.15, 0.2) is 0 Å². The van der Waals surface area contributed by atoms with Gasteiger partial charge in [0.1, 0.15) is 0 Å². The number of rotatable bonds is 2. The van der Waals surface area contributed by atoms with Gasteiger partial charge in [-0.15, -0.1) is 0 Å². The van der Waals surface area contributed by atoms with Crippen molar-refractivity contribution in [1.82, 2.24) is 0 Å². The number of hydrogen-bond acceptors (Lipinski definition) is 2. The molecule has 46 valence electrons. The highest BCUT2D eigenvalue weighted by molar-refractivity contribution is 5.10. The molecular weight excluding hydrogens is 100 g/mol. The predicted octanol–water partition coefficient (Wildman–Crippen LogP) is 0.362. The lowest BCUT2D eigenvalue weighted by Gasteiger charge is -2.01. The van der Waals surface area contributed by atoms with Gasteiger partial charge in [0, 0.05) is 11.7 Å². The van der Waals surface area contributed by atoms with Crippen molar-refractivity contribution in [3.05, 3.63) is 24.4 Å². The fourth-order valence-corrected chi connectivity index (χ4v) is 0.288. The summed E-state index contributed by atoms with van der Waals surface area (Å²) in [4.78, 5) is 0. The molecule has 0 fully saturated rings. The van der Waals surface area contributed by atoms with Crippen LogP contribution >= 0.6 is 0 Å². The molecule has 0 saturated heterocycles. The Hall–Kier alpha value is -0.760. The maximum Gasteiger partial charge on any atom is 0.0413 e. The monoisotopic (exact) mass is 112 g/mol. The van der Waals surface area contributed by atoms with Gasteiger partial charge in [0.05, 0.1) is 0 Å². The molecule has 0 spiro atoms. The Morgan fingerprint density at radius 1 is 1.75 bits per heavy atom. The van der Waals surface area contributed by atoms with Gasteiger partial charge in [0.25, 0.3) is 0 Å². The van der Waals surface area contributed by atoms with E-state index in [-0.39, 0.29) is 6.04 Å². The van der Waals surface area contributed by atoms with Gasteiger partial charge in [-0.1, -0.05) is 12.7 Å². The maximum atomic E-state index is 5.39. The smallest absolute Gasteiger partial charge is 0.0413 e. The van der Waals surface area contributed by atoms with E-state index in [1.54, 1.807) is 12.2 Å². The standard InChI is InChI=1S/C6H12N2/c1-3-4-6(8)5(2)7/h3-5H,1,7-8H2,2H3/b6-4-. The molecule has 2 nitrogen and oxygen atoms in total. The molecule has 1 atom stereocenters. The van der Waals surface area contributed by atoms with Crippen LogP contribution in [0.2, 0.25) is 0 Å². The molecule has 0 aromatic heterocycles. The van der Waals surface area contributed by atoms with E-state index in [4.69, 9.17) is 11.5 Å². The Balaban J connectivity index is 3.78. The summed E-state index contributed by atoms with van der Waals surface area (Å²) in [6.07, 6.45) is 3.32. The molecule has 4 N–H and O–H groups in total. The lowest BCUT2D eigenvalue weighted by molar-refractivity contribution is 0.847. The normalized spacial score (nSPS) is 15.5. The Morgan fingerprint density at radius 2 is 2.25 bits per heavy atom. The molecule has 8 heavy (non-hydrogen) atoms. The maximum absolute atomic E-state index is 5.39. The van der Waals surface area contributed by atoms with E-state index in [1.165, 1.54) is 0 Å². The Bertz CT molecular complexity index is 103. The summed E-state index contributed by atoms with van der Waals surface area (Å²) in [6, 6.07) is -0.0620. The highest BCUT2D eigenvalue weighted by Crippen LogP contribution is 1.87. The van der Waals surface area contributed by atoms with Gasteiger partial charge in [-0.2, -0.15) is 0 Å². The first-order valence-electron chi connectivity index (χ1n) is 2.52. The third-order valence-electron chi connectivity index (χ3n) is 0.836. The zero-order valence-electron chi connectivity index (χ0n) is 5.09. The Labute approximate surface area is 49.9 Å². The van der Waals surface area contributed by atoms with Crippen molar-refractivity contribution in [2.24, 2.45) is 11.5 Å². The summed E-state index contributed by atoms with van der Waals surface area (Å²) in [5.41, 5.74) is 11.4. The van der Waals surface area contributed by atoms with Crippen molar-refractivity contribution in [2.75, 3.05) is 0 Å². The van der Waals surface area contributed by atoms with E-state index in [0.29, 0.717) is 5.70 Å². The second-order valence-corrected chi connectivity index (χ2v) is 1.69. The summed E-state index contributed by atoms with van der Waals surface area (Å²) in [6.45, 7) is 5.30. The van der Waals surface area contributed by atoms with Crippen LogP contribution in [0.4, 0.5) is 0 Å². The van der Waals surface area contributed by atoms with E-state index in [1.807, 2.05) is 6.92 Å². The molecule has 0 aromatic rings. The molecule has 0 aliphatic rings. The Kier molecular flexibility index (Phi) is 2.96. The van der Waals surface area contributed by atoms with Gasteiger partial charge in [-0.25, -0.2) is 0 Å². The molecule has 0 aliphatic heterocycles. The predicted molar refractivity (Wildman–Crippen MR) is 36.1 cm³/mol. The molecule has 0 rings (SSSR count). The van der Waals surface area contributed by atoms with Crippen molar-refractivity contribution in [2.45, 2.75) is 13.0 Å². The minimum Gasteiger partial charge on any atom is -0.401 e. The van der Waals surface area contributed by atoms with Crippen LogP contribution in [-0.2, 0) is 0 Å². The zero-order valence-corrected chi connectivity index (χ0v) is 5.09. The van der Waals surface area contributed by atoms with E-state index in [0.717, 1.165) is 0 Å². The number of hydrogen-bond donors (Lipinski definition) is 2. The third kappa shape index (κ3) is 2.42. The minimum atomic E-state index is -0.0620. The van der Waals surface area contributed by atoms with Gasteiger partial charge < -0.3 is 11.5 Å². The van der Waals surface area contributed by atoms with Crippen molar-refractivity contribution >= 4 is 0 Å².